The van der Waals surface area contributed by atoms with Crippen LogP contribution in [-0.4, -0.2) is 9.97 Å². The quantitative estimate of drug-likeness (QED) is 0.335. The highest BCUT2D eigenvalue weighted by Crippen LogP contribution is 2.39. The fraction of sp³-hybridized carbons (Fsp3) is 0.217. The van der Waals surface area contributed by atoms with Crippen LogP contribution >= 0.6 is 11.3 Å². The molecule has 3 nitrogen and oxygen atoms in total. The summed E-state index contributed by atoms with van der Waals surface area (Å²) < 4.78 is 7.56. The molecule has 0 aliphatic carbocycles. The molecule has 0 unspecified atom stereocenters. The number of benzene rings is 2. The molecule has 0 spiro atoms. The van der Waals surface area contributed by atoms with E-state index in [0.29, 0.717) is 5.92 Å². The molecule has 4 heteroatoms. The number of pyridine rings is 1. The van der Waals surface area contributed by atoms with E-state index in [2.05, 4.69) is 57.2 Å². The zero-order valence-corrected chi connectivity index (χ0v) is 16.6. The number of fused-ring (bicyclic) bond motifs is 5. The van der Waals surface area contributed by atoms with E-state index in [9.17, 15) is 0 Å². The Morgan fingerprint density at radius 3 is 2.63 bits per heavy atom. The van der Waals surface area contributed by atoms with E-state index in [-0.39, 0.29) is 0 Å². The summed E-state index contributed by atoms with van der Waals surface area (Å²) in [6.07, 6.45) is 1.97. The Labute approximate surface area is 161 Å². The number of hydrogen-bond donors (Lipinski definition) is 0. The third-order valence-corrected chi connectivity index (χ3v) is 6.11. The normalized spacial score (nSPS) is 12.0. The van der Waals surface area contributed by atoms with E-state index < -0.39 is 0 Å². The van der Waals surface area contributed by atoms with Gasteiger partial charge in [-0.15, -0.1) is 11.3 Å². The molecule has 0 aliphatic rings. The molecule has 0 amide bonds. The molecule has 0 bridgehead atoms. The summed E-state index contributed by atoms with van der Waals surface area (Å²) in [6, 6.07) is 12.8. The lowest BCUT2D eigenvalue weighted by atomic mass is 9.97. The first-order chi connectivity index (χ1) is 13.0. The lowest BCUT2D eigenvalue weighted by Gasteiger charge is -2.11. The van der Waals surface area contributed by atoms with E-state index >= 15 is 0 Å². The number of para-hydroxylation sites is 1. The molecule has 0 aliphatic heterocycles. The second kappa shape index (κ2) is 5.89. The van der Waals surface area contributed by atoms with Crippen LogP contribution in [0.2, 0.25) is 0 Å². The van der Waals surface area contributed by atoms with Crippen LogP contribution in [0.4, 0.5) is 0 Å². The fourth-order valence-electron chi connectivity index (χ4n) is 3.87. The van der Waals surface area contributed by atoms with Crippen molar-refractivity contribution in [3.8, 4) is 11.3 Å². The highest BCUT2D eigenvalue weighted by Gasteiger charge is 2.17. The monoisotopic (exact) mass is 372 g/mol. The predicted octanol–water partition coefficient (Wildman–Crippen LogP) is 7.00. The van der Waals surface area contributed by atoms with E-state index in [1.54, 1.807) is 11.3 Å². The molecule has 0 saturated carbocycles. The molecular formula is C23H20N2OS. The van der Waals surface area contributed by atoms with Gasteiger partial charge >= 0.3 is 0 Å². The second-order valence-electron chi connectivity index (χ2n) is 7.39. The zero-order valence-electron chi connectivity index (χ0n) is 15.8. The highest BCUT2D eigenvalue weighted by atomic mass is 32.1. The van der Waals surface area contributed by atoms with Crippen LogP contribution in [0.25, 0.3) is 43.4 Å². The Morgan fingerprint density at radius 1 is 1.00 bits per heavy atom. The Balaban J connectivity index is 1.83. The van der Waals surface area contributed by atoms with Crippen molar-refractivity contribution < 1.29 is 4.42 Å². The number of aromatic nitrogens is 2. The lowest BCUT2D eigenvalue weighted by molar-refractivity contribution is 0.672. The Morgan fingerprint density at radius 2 is 1.81 bits per heavy atom. The van der Waals surface area contributed by atoms with Crippen molar-refractivity contribution in [3.63, 3.8) is 0 Å². The van der Waals surface area contributed by atoms with Crippen LogP contribution in [0.3, 0.4) is 0 Å². The van der Waals surface area contributed by atoms with Gasteiger partial charge in [0.05, 0.1) is 15.4 Å². The molecule has 0 saturated heterocycles. The minimum absolute atomic E-state index is 0.458. The smallest absolute Gasteiger partial charge is 0.162 e. The summed E-state index contributed by atoms with van der Waals surface area (Å²) in [5, 5.41) is 3.28. The number of thiazole rings is 1. The Kier molecular flexibility index (Phi) is 3.59. The van der Waals surface area contributed by atoms with Crippen molar-refractivity contribution in [2.24, 2.45) is 0 Å². The molecule has 0 radical (unpaired) electrons. The van der Waals surface area contributed by atoms with Crippen LogP contribution in [0.15, 0.2) is 47.0 Å². The standard InChI is InChI=1S/C23H20N2OS/c1-12(2)18-10-19(24-11-13(18)3)17-7-5-6-15-16-8-9-20-21(25-14(4)27-20)23(16)26-22(15)17/h5-12H,1-4H3. The van der Waals surface area contributed by atoms with Crippen molar-refractivity contribution in [2.45, 2.75) is 33.6 Å². The molecule has 3 aromatic heterocycles. The van der Waals surface area contributed by atoms with Gasteiger partial charge in [-0.25, -0.2) is 4.98 Å². The lowest BCUT2D eigenvalue weighted by Crippen LogP contribution is -1.95. The number of aryl methyl sites for hydroxylation is 2. The Hall–Kier alpha value is -2.72. The molecule has 0 fully saturated rings. The minimum atomic E-state index is 0.458. The van der Waals surface area contributed by atoms with Gasteiger partial charge in [-0.1, -0.05) is 26.0 Å². The summed E-state index contributed by atoms with van der Waals surface area (Å²) in [7, 11) is 0. The maximum absolute atomic E-state index is 6.40. The largest absolute Gasteiger partial charge is 0.453 e. The molecule has 3 heterocycles. The maximum atomic E-state index is 6.40. The average Bonchev–Trinajstić information content (AvgIpc) is 3.21. The third kappa shape index (κ3) is 2.47. The van der Waals surface area contributed by atoms with E-state index in [1.807, 2.05) is 13.1 Å². The highest BCUT2D eigenvalue weighted by molar-refractivity contribution is 7.18. The molecule has 0 N–H and O–H groups in total. The van der Waals surface area contributed by atoms with Crippen molar-refractivity contribution >= 4 is 43.5 Å². The van der Waals surface area contributed by atoms with E-state index in [1.165, 1.54) is 11.1 Å². The Bertz CT molecular complexity index is 1330. The van der Waals surface area contributed by atoms with E-state index in [4.69, 9.17) is 14.4 Å². The van der Waals surface area contributed by atoms with Gasteiger partial charge in [0.15, 0.2) is 5.58 Å². The summed E-state index contributed by atoms with van der Waals surface area (Å²) in [5.41, 5.74) is 7.25. The first kappa shape index (κ1) is 16.5. The van der Waals surface area contributed by atoms with Crippen molar-refractivity contribution in [2.75, 3.05) is 0 Å². The van der Waals surface area contributed by atoms with Crippen LogP contribution in [-0.2, 0) is 0 Å². The molecule has 2 aromatic carbocycles. The predicted molar refractivity (Wildman–Crippen MR) is 114 cm³/mol. The number of rotatable bonds is 2. The molecule has 0 atom stereocenters. The van der Waals surface area contributed by atoms with Crippen LogP contribution in [0.5, 0.6) is 0 Å². The zero-order chi connectivity index (χ0) is 18.7. The van der Waals surface area contributed by atoms with Gasteiger partial charge in [-0.3, -0.25) is 4.98 Å². The first-order valence-electron chi connectivity index (χ1n) is 9.21. The van der Waals surface area contributed by atoms with E-state index in [0.717, 1.165) is 48.4 Å². The molecule has 134 valence electrons. The van der Waals surface area contributed by atoms with Gasteiger partial charge in [-0.05, 0) is 55.2 Å². The minimum Gasteiger partial charge on any atom is -0.453 e. The van der Waals surface area contributed by atoms with Gasteiger partial charge < -0.3 is 4.42 Å². The SMILES string of the molecule is Cc1nc2c(ccc3c4cccc(-c5cc(C(C)C)c(C)cn5)c4oc32)s1. The van der Waals surface area contributed by atoms with Crippen molar-refractivity contribution in [1.82, 2.24) is 9.97 Å². The summed E-state index contributed by atoms with van der Waals surface area (Å²) >= 11 is 1.70. The van der Waals surface area contributed by atoms with Crippen LogP contribution < -0.4 is 0 Å². The van der Waals surface area contributed by atoms with Gasteiger partial charge in [0.25, 0.3) is 0 Å². The molecule has 5 rings (SSSR count). The third-order valence-electron chi connectivity index (χ3n) is 5.17. The maximum Gasteiger partial charge on any atom is 0.162 e. The second-order valence-corrected chi connectivity index (χ2v) is 8.62. The van der Waals surface area contributed by atoms with Crippen LogP contribution in [0.1, 0.15) is 35.9 Å². The molecule has 27 heavy (non-hydrogen) atoms. The summed E-state index contributed by atoms with van der Waals surface area (Å²) in [4.78, 5) is 9.40. The average molecular weight is 372 g/mol. The first-order valence-corrected chi connectivity index (χ1v) is 10.0. The van der Waals surface area contributed by atoms with Gasteiger partial charge in [-0.2, -0.15) is 0 Å². The number of furan rings is 1. The topological polar surface area (TPSA) is 38.9 Å². The fourth-order valence-corrected chi connectivity index (χ4v) is 4.69. The van der Waals surface area contributed by atoms with Crippen LogP contribution in [0, 0.1) is 13.8 Å². The van der Waals surface area contributed by atoms with Gasteiger partial charge in [0.1, 0.15) is 11.1 Å². The molecule has 5 aromatic rings. The summed E-state index contributed by atoms with van der Waals surface area (Å²) in [6.45, 7) is 8.59. The van der Waals surface area contributed by atoms with Gasteiger partial charge in [0, 0.05) is 22.5 Å². The summed E-state index contributed by atoms with van der Waals surface area (Å²) in [5.74, 6) is 0.458. The van der Waals surface area contributed by atoms with Crippen molar-refractivity contribution in [1.29, 1.82) is 0 Å². The number of hydrogen-bond acceptors (Lipinski definition) is 4. The molecular weight excluding hydrogens is 352 g/mol. The number of nitrogens with zero attached hydrogens (tertiary/aromatic N) is 2. The van der Waals surface area contributed by atoms with Gasteiger partial charge in [0.2, 0.25) is 0 Å². The van der Waals surface area contributed by atoms with Crippen molar-refractivity contribution in [3.05, 3.63) is 58.7 Å².